The minimum absolute atomic E-state index is 0.0304. The van der Waals surface area contributed by atoms with Gasteiger partial charge in [0.1, 0.15) is 34.5 Å². The molecule has 3 aromatic carbocycles. The van der Waals surface area contributed by atoms with Gasteiger partial charge in [0.25, 0.3) is 0 Å². The van der Waals surface area contributed by atoms with Gasteiger partial charge in [-0.05, 0) is 36.4 Å². The van der Waals surface area contributed by atoms with E-state index in [4.69, 9.17) is 28.4 Å². The van der Waals surface area contributed by atoms with E-state index in [-0.39, 0.29) is 22.6 Å². The first-order chi connectivity index (χ1) is 16.4. The van der Waals surface area contributed by atoms with Gasteiger partial charge in [-0.1, -0.05) is 0 Å². The van der Waals surface area contributed by atoms with Crippen molar-refractivity contribution in [3.8, 4) is 34.5 Å². The van der Waals surface area contributed by atoms with Crippen LogP contribution < -0.4 is 28.4 Å². The van der Waals surface area contributed by atoms with Crippen molar-refractivity contribution < 1.29 is 43.1 Å². The van der Waals surface area contributed by atoms with Crippen molar-refractivity contribution in [2.75, 3.05) is 28.4 Å². The normalized spacial score (nSPS) is 10.3. The molecular weight excluding hydrogens is 444 g/mol. The third kappa shape index (κ3) is 5.76. The molecule has 0 bridgehead atoms. The average Bonchev–Trinajstić information content (AvgIpc) is 2.87. The molecule has 0 heterocycles. The molecule has 178 valence electrons. The third-order valence-corrected chi connectivity index (χ3v) is 4.80. The maximum atomic E-state index is 12.8. The number of aliphatic hydroxyl groups excluding tert-OH is 1. The van der Waals surface area contributed by atoms with E-state index in [1.807, 2.05) is 0 Å². The van der Waals surface area contributed by atoms with Crippen molar-refractivity contribution in [2.45, 2.75) is 6.61 Å². The van der Waals surface area contributed by atoms with Crippen LogP contribution in [0, 0.1) is 0 Å². The number of esters is 2. The molecule has 0 saturated heterocycles. The first-order valence-electron chi connectivity index (χ1n) is 10.0. The minimum atomic E-state index is -0.715. The van der Waals surface area contributed by atoms with Gasteiger partial charge in [-0.15, -0.1) is 0 Å². The highest BCUT2D eigenvalue weighted by molar-refractivity contribution is 5.93. The Labute approximate surface area is 196 Å². The fourth-order valence-corrected chi connectivity index (χ4v) is 3.00. The van der Waals surface area contributed by atoms with E-state index in [9.17, 15) is 14.7 Å². The summed E-state index contributed by atoms with van der Waals surface area (Å²) < 4.78 is 31.6. The van der Waals surface area contributed by atoms with Crippen molar-refractivity contribution >= 4 is 11.9 Å². The summed E-state index contributed by atoms with van der Waals surface area (Å²) in [7, 11) is 5.86. The Morgan fingerprint density at radius 3 is 1.47 bits per heavy atom. The highest BCUT2D eigenvalue weighted by atomic mass is 16.5. The summed E-state index contributed by atoms with van der Waals surface area (Å²) in [4.78, 5) is 25.4. The van der Waals surface area contributed by atoms with E-state index >= 15 is 0 Å². The van der Waals surface area contributed by atoms with E-state index in [0.717, 1.165) is 0 Å². The standard InChI is InChI=1S/C25H24O9/c1-29-19-7-16(8-20(11-19)30-2)24(27)33-18-6-5-15(14-26)23(13-18)34-25(28)17-9-21(31-3)12-22(10-17)32-4/h5-13,26H,14H2,1-4H3. The molecule has 3 rings (SSSR count). The second-order valence-electron chi connectivity index (χ2n) is 6.91. The van der Waals surface area contributed by atoms with Crippen LogP contribution in [0.15, 0.2) is 54.6 Å². The Hall–Kier alpha value is -4.24. The van der Waals surface area contributed by atoms with E-state index in [0.29, 0.717) is 28.6 Å². The highest BCUT2D eigenvalue weighted by Gasteiger charge is 2.17. The minimum Gasteiger partial charge on any atom is -0.497 e. The van der Waals surface area contributed by atoms with Gasteiger partial charge in [-0.3, -0.25) is 0 Å². The van der Waals surface area contributed by atoms with Gasteiger partial charge in [0, 0.05) is 23.8 Å². The van der Waals surface area contributed by atoms with Gasteiger partial charge in [-0.2, -0.15) is 0 Å². The summed E-state index contributed by atoms with van der Waals surface area (Å²) in [6.07, 6.45) is 0. The fourth-order valence-electron chi connectivity index (χ4n) is 3.00. The molecule has 34 heavy (non-hydrogen) atoms. The Bertz CT molecular complexity index is 1140. The van der Waals surface area contributed by atoms with E-state index in [1.54, 1.807) is 12.1 Å². The number of ether oxygens (including phenoxy) is 6. The Morgan fingerprint density at radius 1 is 0.618 bits per heavy atom. The number of carbonyl (C=O) groups is 2. The van der Waals surface area contributed by atoms with E-state index < -0.39 is 18.5 Å². The van der Waals surface area contributed by atoms with Crippen molar-refractivity contribution in [1.29, 1.82) is 0 Å². The molecule has 3 aromatic rings. The van der Waals surface area contributed by atoms with Crippen LogP contribution in [0.1, 0.15) is 26.3 Å². The van der Waals surface area contributed by atoms with Gasteiger partial charge in [0.15, 0.2) is 0 Å². The number of hydrogen-bond donors (Lipinski definition) is 1. The lowest BCUT2D eigenvalue weighted by Crippen LogP contribution is -2.12. The zero-order valence-electron chi connectivity index (χ0n) is 19.1. The Kier molecular flexibility index (Phi) is 7.94. The summed E-state index contributed by atoms with van der Waals surface area (Å²) >= 11 is 0. The smallest absolute Gasteiger partial charge is 0.343 e. The lowest BCUT2D eigenvalue weighted by atomic mass is 10.1. The third-order valence-electron chi connectivity index (χ3n) is 4.80. The molecule has 9 heteroatoms. The predicted molar refractivity (Wildman–Crippen MR) is 121 cm³/mol. The lowest BCUT2D eigenvalue weighted by molar-refractivity contribution is 0.0729. The summed E-state index contributed by atoms with van der Waals surface area (Å²) in [5, 5.41) is 9.67. The van der Waals surface area contributed by atoms with Gasteiger partial charge in [-0.25, -0.2) is 9.59 Å². The quantitative estimate of drug-likeness (QED) is 0.372. The zero-order valence-corrected chi connectivity index (χ0v) is 19.1. The number of carbonyl (C=O) groups excluding carboxylic acids is 2. The van der Waals surface area contributed by atoms with Crippen molar-refractivity contribution in [1.82, 2.24) is 0 Å². The zero-order chi connectivity index (χ0) is 24.7. The largest absolute Gasteiger partial charge is 0.497 e. The first kappa shape index (κ1) is 24.4. The van der Waals surface area contributed by atoms with Crippen LogP contribution >= 0.6 is 0 Å². The second kappa shape index (κ2) is 11.1. The van der Waals surface area contributed by atoms with Gasteiger partial charge in [0.2, 0.25) is 0 Å². The molecular formula is C25H24O9. The average molecular weight is 468 g/mol. The van der Waals surface area contributed by atoms with Crippen LogP contribution in [-0.2, 0) is 6.61 Å². The van der Waals surface area contributed by atoms with Gasteiger partial charge in [0.05, 0.1) is 46.2 Å². The number of aliphatic hydroxyl groups is 1. The number of benzene rings is 3. The molecule has 0 aliphatic carbocycles. The first-order valence-corrected chi connectivity index (χ1v) is 10.0. The number of methoxy groups -OCH3 is 4. The maximum absolute atomic E-state index is 12.8. The lowest BCUT2D eigenvalue weighted by Gasteiger charge is -2.13. The molecule has 9 nitrogen and oxygen atoms in total. The van der Waals surface area contributed by atoms with Gasteiger partial charge < -0.3 is 33.5 Å². The molecule has 1 N–H and O–H groups in total. The molecule has 0 aliphatic heterocycles. The molecule has 0 saturated carbocycles. The molecule has 0 amide bonds. The second-order valence-corrected chi connectivity index (χ2v) is 6.91. The Balaban J connectivity index is 1.85. The van der Waals surface area contributed by atoms with Crippen LogP contribution in [0.5, 0.6) is 34.5 Å². The highest BCUT2D eigenvalue weighted by Crippen LogP contribution is 2.29. The summed E-state index contributed by atoms with van der Waals surface area (Å²) in [5.74, 6) is 0.403. The van der Waals surface area contributed by atoms with Crippen LogP contribution in [0.3, 0.4) is 0 Å². The number of rotatable bonds is 9. The molecule has 0 atom stereocenters. The molecule has 0 radical (unpaired) electrons. The van der Waals surface area contributed by atoms with Crippen molar-refractivity contribution in [3.05, 3.63) is 71.3 Å². The van der Waals surface area contributed by atoms with Crippen LogP contribution in [0.4, 0.5) is 0 Å². The number of hydrogen-bond acceptors (Lipinski definition) is 9. The SMILES string of the molecule is COc1cc(OC)cc(C(=O)Oc2ccc(CO)c(OC(=O)c3cc(OC)cc(OC)c3)c2)c1. The van der Waals surface area contributed by atoms with Gasteiger partial charge >= 0.3 is 11.9 Å². The summed E-state index contributed by atoms with van der Waals surface area (Å²) in [6.45, 7) is -0.397. The van der Waals surface area contributed by atoms with Crippen LogP contribution in [0.25, 0.3) is 0 Å². The van der Waals surface area contributed by atoms with Crippen molar-refractivity contribution in [2.24, 2.45) is 0 Å². The molecule has 0 fully saturated rings. The summed E-state index contributed by atoms with van der Waals surface area (Å²) in [6, 6.07) is 13.5. The fraction of sp³-hybridized carbons (Fsp3) is 0.200. The van der Waals surface area contributed by atoms with Crippen LogP contribution in [0.2, 0.25) is 0 Å². The van der Waals surface area contributed by atoms with E-state index in [1.165, 1.54) is 70.9 Å². The monoisotopic (exact) mass is 468 g/mol. The summed E-state index contributed by atoms with van der Waals surface area (Å²) in [5.41, 5.74) is 0.696. The maximum Gasteiger partial charge on any atom is 0.343 e. The topological polar surface area (TPSA) is 110 Å². The molecule has 0 unspecified atom stereocenters. The molecule has 0 aromatic heterocycles. The van der Waals surface area contributed by atoms with E-state index in [2.05, 4.69) is 0 Å². The van der Waals surface area contributed by atoms with Crippen LogP contribution in [-0.4, -0.2) is 45.5 Å². The predicted octanol–water partition coefficient (Wildman–Crippen LogP) is 3.65. The molecule has 0 aliphatic rings. The van der Waals surface area contributed by atoms with Crippen molar-refractivity contribution in [3.63, 3.8) is 0 Å². The molecule has 0 spiro atoms. The Morgan fingerprint density at radius 2 is 1.06 bits per heavy atom.